The van der Waals surface area contributed by atoms with Gasteiger partial charge in [-0.3, -0.25) is 9.59 Å². The summed E-state index contributed by atoms with van der Waals surface area (Å²) >= 11 is 0. The van der Waals surface area contributed by atoms with Crippen molar-refractivity contribution >= 4 is 11.6 Å². The predicted molar refractivity (Wildman–Crippen MR) is 81.5 cm³/mol. The van der Waals surface area contributed by atoms with Crippen molar-refractivity contribution in [2.75, 3.05) is 0 Å². The molecule has 2 aliphatic carbocycles. The number of allylic oxidation sites excluding steroid dienone is 2. The third kappa shape index (κ3) is 4.57. The van der Waals surface area contributed by atoms with Crippen LogP contribution in [0.3, 0.4) is 0 Å². The first-order valence-electron chi connectivity index (χ1n) is 8.55. The molecule has 0 radical (unpaired) electrons. The molecule has 2 rings (SSSR count). The normalized spacial score (nSPS) is 25.2. The Morgan fingerprint density at radius 3 is 1.35 bits per heavy atom. The van der Waals surface area contributed by atoms with Crippen molar-refractivity contribution < 1.29 is 9.59 Å². The van der Waals surface area contributed by atoms with Crippen LogP contribution in [0.15, 0.2) is 12.2 Å². The zero-order valence-corrected chi connectivity index (χ0v) is 12.6. The van der Waals surface area contributed by atoms with Crippen molar-refractivity contribution in [3.05, 3.63) is 12.2 Å². The molecule has 0 bridgehead atoms. The zero-order valence-electron chi connectivity index (χ0n) is 12.6. The topological polar surface area (TPSA) is 34.1 Å². The average molecular weight is 276 g/mol. The van der Waals surface area contributed by atoms with E-state index in [0.717, 1.165) is 12.8 Å². The van der Waals surface area contributed by atoms with Crippen LogP contribution in [0.5, 0.6) is 0 Å². The third-order valence-electron chi connectivity index (χ3n) is 4.90. The summed E-state index contributed by atoms with van der Waals surface area (Å²) in [5, 5.41) is 0. The van der Waals surface area contributed by atoms with Crippen molar-refractivity contribution in [3.63, 3.8) is 0 Å². The van der Waals surface area contributed by atoms with Crippen molar-refractivity contribution in [3.8, 4) is 0 Å². The summed E-state index contributed by atoms with van der Waals surface area (Å²) in [5.74, 6) is 0.0829. The number of carbonyl (C=O) groups excluding carboxylic acids is 2. The number of ketones is 2. The highest BCUT2D eigenvalue weighted by Gasteiger charge is 2.34. The highest BCUT2D eigenvalue weighted by atomic mass is 16.2. The quantitative estimate of drug-likeness (QED) is 0.655. The van der Waals surface area contributed by atoms with E-state index in [1.807, 2.05) is 0 Å². The second-order valence-corrected chi connectivity index (χ2v) is 6.49. The minimum Gasteiger partial charge on any atom is -0.294 e. The molecule has 0 aromatic carbocycles. The lowest BCUT2D eigenvalue weighted by Gasteiger charge is -2.21. The monoisotopic (exact) mass is 276 g/mol. The fourth-order valence-corrected chi connectivity index (χ4v) is 3.68. The first kappa shape index (κ1) is 15.5. The molecule has 20 heavy (non-hydrogen) atoms. The Labute approximate surface area is 123 Å². The maximum absolute atomic E-state index is 11.9. The fraction of sp³-hybridized carbons (Fsp3) is 0.778. The molecule has 2 aliphatic rings. The van der Waals surface area contributed by atoms with Gasteiger partial charge in [0, 0.05) is 0 Å². The molecular formula is C18H28O2. The summed E-state index contributed by atoms with van der Waals surface area (Å²) in [6.45, 7) is 0. The molecule has 0 aliphatic heterocycles. The van der Waals surface area contributed by atoms with E-state index in [1.54, 1.807) is 0 Å². The van der Waals surface area contributed by atoms with E-state index >= 15 is 0 Å². The van der Waals surface area contributed by atoms with Gasteiger partial charge in [0.2, 0.25) is 0 Å². The van der Waals surface area contributed by atoms with Crippen LogP contribution in [0.2, 0.25) is 0 Å². The van der Waals surface area contributed by atoms with Gasteiger partial charge < -0.3 is 0 Å². The minimum atomic E-state index is -0.333. The summed E-state index contributed by atoms with van der Waals surface area (Å²) in [4.78, 5) is 23.8. The largest absolute Gasteiger partial charge is 0.294 e. The molecule has 0 amide bonds. The van der Waals surface area contributed by atoms with Crippen LogP contribution < -0.4 is 0 Å². The van der Waals surface area contributed by atoms with Crippen LogP contribution >= 0.6 is 0 Å². The van der Waals surface area contributed by atoms with Crippen LogP contribution in [0.1, 0.15) is 77.0 Å². The molecule has 0 atom stereocenters. The molecule has 2 heteroatoms. The number of carbonyl (C=O) groups is 2. The Balaban J connectivity index is 1.90. The lowest BCUT2D eigenvalue weighted by atomic mass is 9.81. The summed E-state index contributed by atoms with van der Waals surface area (Å²) in [5.41, 5.74) is 0. The van der Waals surface area contributed by atoms with Crippen molar-refractivity contribution in [1.82, 2.24) is 0 Å². The third-order valence-corrected chi connectivity index (χ3v) is 4.90. The van der Waals surface area contributed by atoms with E-state index < -0.39 is 0 Å². The van der Waals surface area contributed by atoms with E-state index in [2.05, 4.69) is 0 Å². The zero-order chi connectivity index (χ0) is 14.2. The van der Waals surface area contributed by atoms with E-state index in [1.165, 1.54) is 76.4 Å². The van der Waals surface area contributed by atoms with E-state index in [-0.39, 0.29) is 17.5 Å². The summed E-state index contributed by atoms with van der Waals surface area (Å²) < 4.78 is 0. The molecule has 2 nitrogen and oxygen atoms in total. The first-order chi connectivity index (χ1) is 9.79. The molecule has 0 spiro atoms. The molecule has 0 saturated heterocycles. The SMILES string of the molecule is O=C1C=CC(=O)C1C1CCCCCCCCCCCC1. The van der Waals surface area contributed by atoms with Gasteiger partial charge in [-0.25, -0.2) is 0 Å². The molecule has 0 aromatic heterocycles. The van der Waals surface area contributed by atoms with Gasteiger partial charge in [-0.15, -0.1) is 0 Å². The van der Waals surface area contributed by atoms with Gasteiger partial charge in [0.1, 0.15) is 0 Å². The highest BCUT2D eigenvalue weighted by molar-refractivity contribution is 6.18. The van der Waals surface area contributed by atoms with Crippen molar-refractivity contribution in [2.24, 2.45) is 11.8 Å². The Hall–Kier alpha value is -0.920. The molecule has 112 valence electrons. The van der Waals surface area contributed by atoms with Crippen LogP contribution in [-0.2, 0) is 9.59 Å². The average Bonchev–Trinajstić information content (AvgIpc) is 2.78. The van der Waals surface area contributed by atoms with Gasteiger partial charge in [0.05, 0.1) is 5.92 Å². The van der Waals surface area contributed by atoms with Crippen molar-refractivity contribution in [2.45, 2.75) is 77.0 Å². The van der Waals surface area contributed by atoms with Crippen LogP contribution in [-0.4, -0.2) is 11.6 Å². The predicted octanol–water partition coefficient (Wildman–Crippen LogP) is 4.62. The summed E-state index contributed by atoms with van der Waals surface area (Å²) in [7, 11) is 0. The van der Waals surface area contributed by atoms with Crippen LogP contribution in [0, 0.1) is 11.8 Å². The number of rotatable bonds is 1. The molecule has 1 saturated carbocycles. The smallest absolute Gasteiger partial charge is 0.166 e. The molecule has 0 N–H and O–H groups in total. The second kappa shape index (κ2) is 8.39. The van der Waals surface area contributed by atoms with Crippen LogP contribution in [0.25, 0.3) is 0 Å². The lowest BCUT2D eigenvalue weighted by Crippen LogP contribution is -2.25. The molecule has 1 fully saturated rings. The van der Waals surface area contributed by atoms with Gasteiger partial charge in [0.15, 0.2) is 11.6 Å². The maximum Gasteiger partial charge on any atom is 0.166 e. The second-order valence-electron chi connectivity index (χ2n) is 6.49. The number of hydrogen-bond donors (Lipinski definition) is 0. The number of hydrogen-bond acceptors (Lipinski definition) is 2. The first-order valence-corrected chi connectivity index (χ1v) is 8.55. The van der Waals surface area contributed by atoms with Gasteiger partial charge in [-0.1, -0.05) is 64.2 Å². The van der Waals surface area contributed by atoms with Crippen molar-refractivity contribution in [1.29, 1.82) is 0 Å². The van der Waals surface area contributed by atoms with Crippen LogP contribution in [0.4, 0.5) is 0 Å². The minimum absolute atomic E-state index is 0.0596. The Kier molecular flexibility index (Phi) is 6.49. The Bertz CT molecular complexity index is 324. The Morgan fingerprint density at radius 2 is 0.950 bits per heavy atom. The highest BCUT2D eigenvalue weighted by Crippen LogP contribution is 2.30. The molecule has 0 aromatic rings. The maximum atomic E-state index is 11.9. The van der Waals surface area contributed by atoms with E-state index in [9.17, 15) is 9.59 Å². The van der Waals surface area contributed by atoms with Gasteiger partial charge in [-0.05, 0) is 30.9 Å². The van der Waals surface area contributed by atoms with E-state index in [4.69, 9.17) is 0 Å². The Morgan fingerprint density at radius 1 is 0.600 bits per heavy atom. The van der Waals surface area contributed by atoms with Gasteiger partial charge >= 0.3 is 0 Å². The molecular weight excluding hydrogens is 248 g/mol. The fourth-order valence-electron chi connectivity index (χ4n) is 3.68. The standard InChI is InChI=1S/C18H28O2/c19-16-13-14-17(20)18(16)15-11-9-7-5-3-1-2-4-6-8-10-12-15/h13-15,18H,1-12H2. The van der Waals surface area contributed by atoms with E-state index in [0.29, 0.717) is 5.92 Å². The lowest BCUT2D eigenvalue weighted by molar-refractivity contribution is -0.128. The summed E-state index contributed by atoms with van der Waals surface area (Å²) in [6, 6.07) is 0. The summed E-state index contributed by atoms with van der Waals surface area (Å²) in [6.07, 6.45) is 18.1. The molecule has 0 unspecified atom stereocenters. The van der Waals surface area contributed by atoms with Gasteiger partial charge in [-0.2, -0.15) is 0 Å². The molecule has 0 heterocycles. The van der Waals surface area contributed by atoms with Gasteiger partial charge in [0.25, 0.3) is 0 Å².